The Hall–Kier alpha value is -1.11. The van der Waals surface area contributed by atoms with Gasteiger partial charge < -0.3 is 10.4 Å². The molecule has 5 heteroatoms. The molecule has 0 atom stereocenters. The molecular weight excluding hydrogens is 405 g/mol. The zero-order valence-electron chi connectivity index (χ0n) is 13.5. The SMILES string of the molecule is O=C(O)CCCCCCCCCCNC(=O)c1cccc(I)c1. The largest absolute Gasteiger partial charge is 0.481 e. The van der Waals surface area contributed by atoms with Crippen LogP contribution in [0.25, 0.3) is 0 Å². The Bertz CT molecular complexity index is 491. The first-order chi connectivity index (χ1) is 11.1. The number of hydrogen-bond acceptors (Lipinski definition) is 2. The van der Waals surface area contributed by atoms with Gasteiger partial charge in [0.05, 0.1) is 0 Å². The molecule has 0 saturated carbocycles. The number of carboxylic acids is 1. The number of aliphatic carboxylic acids is 1. The fourth-order valence-corrected chi connectivity index (χ4v) is 2.94. The van der Waals surface area contributed by atoms with Gasteiger partial charge in [0.2, 0.25) is 0 Å². The van der Waals surface area contributed by atoms with E-state index in [4.69, 9.17) is 5.11 Å². The number of carbonyl (C=O) groups is 2. The molecule has 0 fully saturated rings. The minimum Gasteiger partial charge on any atom is -0.481 e. The van der Waals surface area contributed by atoms with Gasteiger partial charge in [-0.1, -0.05) is 44.6 Å². The van der Waals surface area contributed by atoms with E-state index in [1.807, 2.05) is 24.3 Å². The normalized spacial score (nSPS) is 10.5. The Morgan fingerprint density at radius 1 is 0.957 bits per heavy atom. The van der Waals surface area contributed by atoms with Gasteiger partial charge in [0.15, 0.2) is 0 Å². The number of benzene rings is 1. The molecule has 1 rings (SSSR count). The predicted octanol–water partition coefficient (Wildman–Crippen LogP) is 4.62. The smallest absolute Gasteiger partial charge is 0.303 e. The van der Waals surface area contributed by atoms with Crippen molar-refractivity contribution in [2.75, 3.05) is 6.54 Å². The van der Waals surface area contributed by atoms with Gasteiger partial charge >= 0.3 is 5.97 Å². The van der Waals surface area contributed by atoms with Crippen molar-refractivity contribution in [3.8, 4) is 0 Å². The number of unbranched alkanes of at least 4 members (excludes halogenated alkanes) is 7. The number of halogens is 1. The second-order valence-electron chi connectivity index (χ2n) is 5.74. The quantitative estimate of drug-likeness (QED) is 0.375. The highest BCUT2D eigenvalue weighted by Gasteiger charge is 2.04. The maximum Gasteiger partial charge on any atom is 0.303 e. The van der Waals surface area contributed by atoms with Gasteiger partial charge in [-0.3, -0.25) is 9.59 Å². The van der Waals surface area contributed by atoms with E-state index in [0.29, 0.717) is 6.42 Å². The first-order valence-electron chi connectivity index (χ1n) is 8.35. The zero-order chi connectivity index (χ0) is 16.9. The van der Waals surface area contributed by atoms with Gasteiger partial charge in [-0.25, -0.2) is 0 Å². The summed E-state index contributed by atoms with van der Waals surface area (Å²) in [5, 5.41) is 11.5. The van der Waals surface area contributed by atoms with Crippen LogP contribution < -0.4 is 5.32 Å². The Balaban J connectivity index is 1.93. The molecule has 0 aromatic heterocycles. The lowest BCUT2D eigenvalue weighted by molar-refractivity contribution is -0.137. The molecular formula is C18H26INO3. The summed E-state index contributed by atoms with van der Waals surface area (Å²) in [5.74, 6) is -0.695. The lowest BCUT2D eigenvalue weighted by Gasteiger charge is -2.06. The average molecular weight is 431 g/mol. The number of amides is 1. The summed E-state index contributed by atoms with van der Waals surface area (Å²) in [7, 11) is 0. The van der Waals surface area contributed by atoms with E-state index in [0.717, 1.165) is 47.8 Å². The number of carboxylic acid groups (broad SMARTS) is 1. The Kier molecular flexibility index (Phi) is 10.7. The summed E-state index contributed by atoms with van der Waals surface area (Å²) in [6.45, 7) is 0.725. The van der Waals surface area contributed by atoms with Crippen molar-refractivity contribution in [3.63, 3.8) is 0 Å². The van der Waals surface area contributed by atoms with Gasteiger partial charge in [0.1, 0.15) is 0 Å². The maximum atomic E-state index is 11.9. The topological polar surface area (TPSA) is 66.4 Å². The van der Waals surface area contributed by atoms with Crippen LogP contribution in [0.3, 0.4) is 0 Å². The molecule has 0 saturated heterocycles. The molecule has 0 aliphatic carbocycles. The average Bonchev–Trinajstić information content (AvgIpc) is 2.52. The first kappa shape index (κ1) is 19.9. The van der Waals surface area contributed by atoms with E-state index in [1.165, 1.54) is 19.3 Å². The standard InChI is InChI=1S/C18H26INO3/c19-16-11-9-10-15(14-16)18(23)20-13-8-6-4-2-1-3-5-7-12-17(21)22/h9-11,14H,1-8,12-13H2,(H,20,23)(H,21,22). The minimum atomic E-state index is -0.697. The summed E-state index contributed by atoms with van der Waals surface area (Å²) < 4.78 is 1.07. The van der Waals surface area contributed by atoms with E-state index < -0.39 is 5.97 Å². The molecule has 1 amide bonds. The fraction of sp³-hybridized carbons (Fsp3) is 0.556. The monoisotopic (exact) mass is 431 g/mol. The van der Waals surface area contributed by atoms with Crippen LogP contribution in [0.15, 0.2) is 24.3 Å². The highest BCUT2D eigenvalue weighted by Crippen LogP contribution is 2.10. The Morgan fingerprint density at radius 3 is 2.17 bits per heavy atom. The number of carbonyl (C=O) groups excluding carboxylic acids is 1. The third kappa shape index (κ3) is 10.3. The molecule has 1 aromatic rings. The Morgan fingerprint density at radius 2 is 1.57 bits per heavy atom. The second kappa shape index (κ2) is 12.3. The van der Waals surface area contributed by atoms with E-state index >= 15 is 0 Å². The third-order valence-corrected chi connectivity index (χ3v) is 4.36. The molecule has 0 bridgehead atoms. The molecule has 0 radical (unpaired) electrons. The first-order valence-corrected chi connectivity index (χ1v) is 9.43. The van der Waals surface area contributed by atoms with Crippen LogP contribution in [-0.2, 0) is 4.79 Å². The van der Waals surface area contributed by atoms with Crippen molar-refractivity contribution in [1.29, 1.82) is 0 Å². The molecule has 0 unspecified atom stereocenters. The molecule has 1 aromatic carbocycles. The summed E-state index contributed by atoms with van der Waals surface area (Å²) in [6.07, 6.45) is 8.90. The molecule has 0 aliphatic rings. The van der Waals surface area contributed by atoms with Crippen LogP contribution >= 0.6 is 22.6 Å². The second-order valence-corrected chi connectivity index (χ2v) is 6.98. The van der Waals surface area contributed by atoms with Gasteiger partial charge in [0.25, 0.3) is 5.91 Å². The molecule has 0 aliphatic heterocycles. The van der Waals surface area contributed by atoms with Crippen molar-refractivity contribution in [2.24, 2.45) is 0 Å². The van der Waals surface area contributed by atoms with Crippen molar-refractivity contribution >= 4 is 34.5 Å². The van der Waals surface area contributed by atoms with Gasteiger partial charge in [-0.05, 0) is 53.6 Å². The summed E-state index contributed by atoms with van der Waals surface area (Å²) in [6, 6.07) is 7.59. The summed E-state index contributed by atoms with van der Waals surface area (Å²) >= 11 is 2.20. The molecule has 4 nitrogen and oxygen atoms in total. The van der Waals surface area contributed by atoms with Crippen molar-refractivity contribution in [2.45, 2.75) is 57.8 Å². The van der Waals surface area contributed by atoms with Crippen LogP contribution in [0.1, 0.15) is 68.1 Å². The summed E-state index contributed by atoms with van der Waals surface area (Å²) in [5.41, 5.74) is 0.721. The van der Waals surface area contributed by atoms with Gasteiger partial charge in [-0.2, -0.15) is 0 Å². The molecule has 0 heterocycles. The minimum absolute atomic E-state index is 0.00180. The molecule has 0 spiro atoms. The predicted molar refractivity (Wildman–Crippen MR) is 101 cm³/mol. The highest BCUT2D eigenvalue weighted by molar-refractivity contribution is 14.1. The highest BCUT2D eigenvalue weighted by atomic mass is 127. The van der Waals surface area contributed by atoms with Crippen molar-refractivity contribution < 1.29 is 14.7 Å². The lowest BCUT2D eigenvalue weighted by atomic mass is 10.1. The fourth-order valence-electron chi connectivity index (χ4n) is 2.40. The third-order valence-electron chi connectivity index (χ3n) is 3.69. The molecule has 2 N–H and O–H groups in total. The van der Waals surface area contributed by atoms with E-state index in [9.17, 15) is 9.59 Å². The number of nitrogens with one attached hydrogen (secondary N) is 1. The van der Waals surface area contributed by atoms with E-state index in [2.05, 4.69) is 27.9 Å². The number of rotatable bonds is 12. The van der Waals surface area contributed by atoms with Crippen LogP contribution in [0.2, 0.25) is 0 Å². The summed E-state index contributed by atoms with van der Waals surface area (Å²) in [4.78, 5) is 22.3. The van der Waals surface area contributed by atoms with Crippen LogP contribution in [0.4, 0.5) is 0 Å². The van der Waals surface area contributed by atoms with Crippen LogP contribution in [0, 0.1) is 3.57 Å². The van der Waals surface area contributed by atoms with Crippen molar-refractivity contribution in [1.82, 2.24) is 5.32 Å². The maximum absolute atomic E-state index is 11.9. The van der Waals surface area contributed by atoms with Gasteiger partial charge in [0, 0.05) is 22.1 Å². The molecule has 23 heavy (non-hydrogen) atoms. The zero-order valence-corrected chi connectivity index (χ0v) is 15.7. The molecule has 128 valence electrons. The number of hydrogen-bond donors (Lipinski definition) is 2. The Labute approximate surface area is 152 Å². The van der Waals surface area contributed by atoms with E-state index in [-0.39, 0.29) is 5.91 Å². The van der Waals surface area contributed by atoms with Crippen LogP contribution in [0.5, 0.6) is 0 Å². The lowest BCUT2D eigenvalue weighted by Crippen LogP contribution is -2.24. The van der Waals surface area contributed by atoms with Crippen molar-refractivity contribution in [3.05, 3.63) is 33.4 Å². The van der Waals surface area contributed by atoms with Gasteiger partial charge in [-0.15, -0.1) is 0 Å². The van der Waals surface area contributed by atoms with E-state index in [1.54, 1.807) is 0 Å². The van der Waals surface area contributed by atoms with Crippen LogP contribution in [-0.4, -0.2) is 23.5 Å².